The fourth-order valence-electron chi connectivity index (χ4n) is 2.25. The first-order chi connectivity index (χ1) is 10.3. The van der Waals surface area contributed by atoms with E-state index in [1.165, 1.54) is 0 Å². The Labute approximate surface area is 135 Å². The maximum atomic E-state index is 11.7. The fraction of sp³-hybridized carbons (Fsp3) is 0.632. The van der Waals surface area contributed by atoms with Crippen LogP contribution in [0.5, 0.6) is 0 Å². The van der Waals surface area contributed by atoms with Gasteiger partial charge < -0.3 is 10.1 Å². The number of hydrogen-bond donors (Lipinski definition) is 1. The van der Waals surface area contributed by atoms with Crippen LogP contribution in [0, 0.1) is 11.8 Å². The molecule has 0 aromatic carbocycles. The third-order valence-corrected chi connectivity index (χ3v) is 3.52. The molecule has 124 valence electrons. The standard InChI is InChI=1S/C19H31NO2/c1-13(2)19(21)8-7-17-9-15(5)10-18(11-17)22-16(6)12-20-14(3)4/h7-8,10-11,13-16,20H,9,12H2,1-6H3/b8-7+/t15?,16-/m1/s1. The van der Waals surface area contributed by atoms with Gasteiger partial charge in [-0.05, 0) is 43.1 Å². The second kappa shape index (κ2) is 8.94. The lowest BCUT2D eigenvalue weighted by Crippen LogP contribution is -2.31. The molecule has 2 atom stereocenters. The van der Waals surface area contributed by atoms with Gasteiger partial charge in [-0.1, -0.05) is 40.7 Å². The van der Waals surface area contributed by atoms with Gasteiger partial charge in [0.05, 0.1) is 0 Å². The molecule has 3 nitrogen and oxygen atoms in total. The van der Waals surface area contributed by atoms with Gasteiger partial charge in [-0.2, -0.15) is 0 Å². The summed E-state index contributed by atoms with van der Waals surface area (Å²) in [5, 5.41) is 3.38. The number of rotatable bonds is 8. The Morgan fingerprint density at radius 1 is 1.36 bits per heavy atom. The summed E-state index contributed by atoms with van der Waals surface area (Å²) in [4.78, 5) is 11.7. The highest BCUT2D eigenvalue weighted by Crippen LogP contribution is 2.24. The third kappa shape index (κ3) is 7.08. The lowest BCUT2D eigenvalue weighted by Gasteiger charge is -2.22. The quantitative estimate of drug-likeness (QED) is 0.688. The zero-order chi connectivity index (χ0) is 16.7. The van der Waals surface area contributed by atoms with Crippen LogP contribution in [0.15, 0.2) is 35.6 Å². The van der Waals surface area contributed by atoms with E-state index in [1.54, 1.807) is 6.08 Å². The molecule has 1 rings (SSSR count). The van der Waals surface area contributed by atoms with E-state index >= 15 is 0 Å². The number of carbonyl (C=O) groups is 1. The van der Waals surface area contributed by atoms with Gasteiger partial charge in [0, 0.05) is 18.5 Å². The summed E-state index contributed by atoms with van der Waals surface area (Å²) in [5.41, 5.74) is 1.16. The lowest BCUT2D eigenvalue weighted by atomic mass is 9.94. The predicted octanol–water partition coefficient (Wildman–Crippen LogP) is 4.02. The number of ether oxygens (including phenoxy) is 1. The first-order valence-corrected chi connectivity index (χ1v) is 8.32. The van der Waals surface area contributed by atoms with Gasteiger partial charge in [-0.3, -0.25) is 4.79 Å². The first kappa shape index (κ1) is 18.7. The highest BCUT2D eigenvalue weighted by molar-refractivity contribution is 5.91. The Hall–Kier alpha value is -1.35. The smallest absolute Gasteiger partial charge is 0.158 e. The molecule has 0 saturated carbocycles. The van der Waals surface area contributed by atoms with Crippen LogP contribution >= 0.6 is 0 Å². The van der Waals surface area contributed by atoms with Gasteiger partial charge in [0.25, 0.3) is 0 Å². The molecule has 1 unspecified atom stereocenters. The van der Waals surface area contributed by atoms with Crippen molar-refractivity contribution >= 4 is 5.78 Å². The van der Waals surface area contributed by atoms with Crippen LogP contribution in [0.25, 0.3) is 0 Å². The molecule has 1 N–H and O–H groups in total. The van der Waals surface area contributed by atoms with Crippen LogP contribution in [0.1, 0.15) is 48.0 Å². The Bertz CT molecular complexity index is 458. The molecule has 0 amide bonds. The Morgan fingerprint density at radius 3 is 2.64 bits per heavy atom. The highest BCUT2D eigenvalue weighted by Gasteiger charge is 2.14. The second-order valence-electron chi connectivity index (χ2n) is 6.85. The normalized spacial score (nSPS) is 20.3. The number of hydrogen-bond acceptors (Lipinski definition) is 3. The minimum absolute atomic E-state index is 0.0475. The molecule has 1 aliphatic rings. The second-order valence-corrected chi connectivity index (χ2v) is 6.85. The SMILES string of the molecule is CC1C=C(O[C@H](C)CNC(C)C)C=C(/C=C/C(=O)C(C)C)C1. The molecule has 3 heteroatoms. The number of carbonyl (C=O) groups excluding carboxylic acids is 1. The van der Waals surface area contributed by atoms with Crippen molar-refractivity contribution in [2.24, 2.45) is 11.8 Å². The average molecular weight is 305 g/mol. The summed E-state index contributed by atoms with van der Waals surface area (Å²) in [5.74, 6) is 1.55. The van der Waals surface area contributed by atoms with Crippen LogP contribution in [0.2, 0.25) is 0 Å². The van der Waals surface area contributed by atoms with Crippen molar-refractivity contribution < 1.29 is 9.53 Å². The van der Waals surface area contributed by atoms with Crippen molar-refractivity contribution in [3.63, 3.8) is 0 Å². The third-order valence-electron chi connectivity index (χ3n) is 3.52. The van der Waals surface area contributed by atoms with E-state index in [0.29, 0.717) is 12.0 Å². The molecule has 0 aliphatic heterocycles. The summed E-state index contributed by atoms with van der Waals surface area (Å²) >= 11 is 0. The topological polar surface area (TPSA) is 38.3 Å². The van der Waals surface area contributed by atoms with Crippen molar-refractivity contribution in [3.05, 3.63) is 35.6 Å². The molecular formula is C19H31NO2. The van der Waals surface area contributed by atoms with Crippen LogP contribution in [0.3, 0.4) is 0 Å². The van der Waals surface area contributed by atoms with Gasteiger partial charge in [0.2, 0.25) is 0 Å². The molecule has 1 aliphatic carbocycles. The summed E-state index contributed by atoms with van der Waals surface area (Å²) in [6, 6.07) is 0.460. The van der Waals surface area contributed by atoms with Gasteiger partial charge in [0.15, 0.2) is 5.78 Å². The molecule has 0 bridgehead atoms. The number of allylic oxidation sites excluding steroid dienone is 5. The summed E-state index contributed by atoms with van der Waals surface area (Å²) in [6.07, 6.45) is 8.91. The minimum atomic E-state index is 0.0475. The highest BCUT2D eigenvalue weighted by atomic mass is 16.5. The average Bonchev–Trinajstić information content (AvgIpc) is 2.41. The van der Waals surface area contributed by atoms with Crippen LogP contribution in [0.4, 0.5) is 0 Å². The lowest BCUT2D eigenvalue weighted by molar-refractivity contribution is -0.117. The van der Waals surface area contributed by atoms with Gasteiger partial charge in [0.1, 0.15) is 11.9 Å². The minimum Gasteiger partial charge on any atom is -0.490 e. The van der Waals surface area contributed by atoms with Gasteiger partial charge in [-0.15, -0.1) is 0 Å². The molecule has 0 fully saturated rings. The Balaban J connectivity index is 2.65. The maximum absolute atomic E-state index is 11.7. The van der Waals surface area contributed by atoms with Crippen molar-refractivity contribution in [2.75, 3.05) is 6.54 Å². The van der Waals surface area contributed by atoms with E-state index in [4.69, 9.17) is 4.74 Å². The molecule has 0 saturated heterocycles. The Morgan fingerprint density at radius 2 is 2.05 bits per heavy atom. The van der Waals surface area contributed by atoms with Gasteiger partial charge in [-0.25, -0.2) is 0 Å². The molecule has 0 aromatic heterocycles. The van der Waals surface area contributed by atoms with E-state index in [9.17, 15) is 4.79 Å². The van der Waals surface area contributed by atoms with E-state index in [-0.39, 0.29) is 17.8 Å². The largest absolute Gasteiger partial charge is 0.490 e. The van der Waals surface area contributed by atoms with Crippen molar-refractivity contribution in [3.8, 4) is 0 Å². The van der Waals surface area contributed by atoms with E-state index < -0.39 is 0 Å². The number of nitrogens with one attached hydrogen (secondary N) is 1. The van der Waals surface area contributed by atoms with Crippen molar-refractivity contribution in [1.29, 1.82) is 0 Å². The van der Waals surface area contributed by atoms with Crippen molar-refractivity contribution in [1.82, 2.24) is 5.32 Å². The number of ketones is 1. The van der Waals surface area contributed by atoms with E-state index in [0.717, 1.165) is 24.3 Å². The van der Waals surface area contributed by atoms with Crippen molar-refractivity contribution in [2.45, 2.75) is 60.1 Å². The van der Waals surface area contributed by atoms with Crippen LogP contribution in [-0.4, -0.2) is 24.5 Å². The molecule has 22 heavy (non-hydrogen) atoms. The molecule has 0 heterocycles. The molecule has 0 radical (unpaired) electrons. The van der Waals surface area contributed by atoms with E-state index in [2.05, 4.69) is 45.2 Å². The monoisotopic (exact) mass is 305 g/mol. The van der Waals surface area contributed by atoms with Gasteiger partial charge >= 0.3 is 0 Å². The zero-order valence-electron chi connectivity index (χ0n) is 14.8. The zero-order valence-corrected chi connectivity index (χ0v) is 14.8. The molecule has 0 spiro atoms. The summed E-state index contributed by atoms with van der Waals surface area (Å²) < 4.78 is 6.00. The first-order valence-electron chi connectivity index (χ1n) is 8.32. The molecule has 0 aromatic rings. The summed E-state index contributed by atoms with van der Waals surface area (Å²) in [6.45, 7) is 13.2. The van der Waals surface area contributed by atoms with E-state index in [1.807, 2.05) is 19.9 Å². The summed E-state index contributed by atoms with van der Waals surface area (Å²) in [7, 11) is 0. The molecular weight excluding hydrogens is 274 g/mol. The van der Waals surface area contributed by atoms with Crippen LogP contribution in [-0.2, 0) is 9.53 Å². The Kier molecular flexibility index (Phi) is 7.60. The fourth-order valence-corrected chi connectivity index (χ4v) is 2.25. The maximum Gasteiger partial charge on any atom is 0.158 e. The predicted molar refractivity (Wildman–Crippen MR) is 92.6 cm³/mol. The van der Waals surface area contributed by atoms with Crippen LogP contribution < -0.4 is 5.32 Å².